The smallest absolute Gasteiger partial charge is 0.325 e. The third-order valence-corrected chi connectivity index (χ3v) is 3.04. The van der Waals surface area contributed by atoms with Crippen LogP contribution >= 0.6 is 12.2 Å². The highest BCUT2D eigenvalue weighted by Crippen LogP contribution is 2.47. The second-order valence-electron chi connectivity index (χ2n) is 3.91. The van der Waals surface area contributed by atoms with Crippen molar-refractivity contribution in [2.45, 2.75) is 19.8 Å². The Morgan fingerprint density at radius 3 is 2.44 bits per heavy atom. The van der Waals surface area contributed by atoms with E-state index in [-0.39, 0.29) is 17.4 Å². The van der Waals surface area contributed by atoms with Crippen LogP contribution in [0, 0.1) is 5.41 Å². The molecule has 0 aliphatic heterocycles. The Morgan fingerprint density at radius 2 is 2.06 bits per heavy atom. The van der Waals surface area contributed by atoms with Crippen LogP contribution in [0.4, 0.5) is 0 Å². The van der Waals surface area contributed by atoms with Crippen molar-refractivity contribution in [3.8, 4) is 0 Å². The zero-order valence-corrected chi connectivity index (χ0v) is 10.3. The van der Waals surface area contributed by atoms with Crippen LogP contribution in [0.1, 0.15) is 19.8 Å². The number of nitrogens with zero attached hydrogens (tertiary/aromatic N) is 1. The zero-order chi connectivity index (χ0) is 12.3. The number of amides is 1. The van der Waals surface area contributed by atoms with E-state index in [1.165, 1.54) is 4.90 Å². The summed E-state index contributed by atoms with van der Waals surface area (Å²) in [6, 6.07) is 0. The molecule has 0 aromatic heterocycles. The van der Waals surface area contributed by atoms with Crippen LogP contribution in [-0.2, 0) is 14.3 Å². The van der Waals surface area contributed by atoms with E-state index in [4.69, 9.17) is 22.7 Å². The van der Waals surface area contributed by atoms with Gasteiger partial charge in [0.2, 0.25) is 5.91 Å². The SMILES string of the molecule is CCOC(=O)CN(C)C(=O)C1(C(N)=S)CC1. The highest BCUT2D eigenvalue weighted by atomic mass is 32.1. The first-order chi connectivity index (χ1) is 7.44. The van der Waals surface area contributed by atoms with Gasteiger partial charge in [0.25, 0.3) is 0 Å². The van der Waals surface area contributed by atoms with Crippen LogP contribution in [0.25, 0.3) is 0 Å². The van der Waals surface area contributed by atoms with E-state index in [2.05, 4.69) is 0 Å². The van der Waals surface area contributed by atoms with Gasteiger partial charge in [0.05, 0.1) is 17.0 Å². The van der Waals surface area contributed by atoms with E-state index in [9.17, 15) is 9.59 Å². The lowest BCUT2D eigenvalue weighted by Gasteiger charge is -2.21. The molecule has 0 bridgehead atoms. The number of esters is 1. The van der Waals surface area contributed by atoms with Gasteiger partial charge in [-0.15, -0.1) is 0 Å². The van der Waals surface area contributed by atoms with Crippen molar-refractivity contribution in [3.63, 3.8) is 0 Å². The van der Waals surface area contributed by atoms with E-state index in [1.54, 1.807) is 14.0 Å². The largest absolute Gasteiger partial charge is 0.465 e. The maximum Gasteiger partial charge on any atom is 0.325 e. The second-order valence-corrected chi connectivity index (χ2v) is 4.35. The number of hydrogen-bond donors (Lipinski definition) is 1. The van der Waals surface area contributed by atoms with Gasteiger partial charge >= 0.3 is 5.97 Å². The number of likely N-dealkylation sites (N-methyl/N-ethyl adjacent to an activating group) is 1. The van der Waals surface area contributed by atoms with Crippen molar-refractivity contribution in [2.75, 3.05) is 20.2 Å². The molecule has 1 fully saturated rings. The van der Waals surface area contributed by atoms with Crippen LogP contribution in [0.15, 0.2) is 0 Å². The van der Waals surface area contributed by atoms with Crippen molar-refractivity contribution in [1.29, 1.82) is 0 Å². The molecule has 0 spiro atoms. The monoisotopic (exact) mass is 244 g/mol. The standard InChI is InChI=1S/C10H16N2O3S/c1-3-15-7(13)6-12(2)9(14)10(4-5-10)8(11)16/h3-6H2,1-2H3,(H2,11,16). The minimum Gasteiger partial charge on any atom is -0.465 e. The molecule has 90 valence electrons. The topological polar surface area (TPSA) is 72.6 Å². The van der Waals surface area contributed by atoms with Gasteiger partial charge in [0.15, 0.2) is 0 Å². The molecule has 1 amide bonds. The molecule has 6 heteroatoms. The summed E-state index contributed by atoms with van der Waals surface area (Å²) in [5.74, 6) is -0.606. The summed E-state index contributed by atoms with van der Waals surface area (Å²) in [7, 11) is 1.55. The van der Waals surface area contributed by atoms with Gasteiger partial charge in [-0.2, -0.15) is 0 Å². The third-order valence-electron chi connectivity index (χ3n) is 2.65. The van der Waals surface area contributed by atoms with E-state index in [0.717, 1.165) is 0 Å². The van der Waals surface area contributed by atoms with Gasteiger partial charge < -0.3 is 15.4 Å². The molecular formula is C10H16N2O3S. The van der Waals surface area contributed by atoms with Crippen LogP contribution in [0.3, 0.4) is 0 Å². The lowest BCUT2D eigenvalue weighted by Crippen LogP contribution is -2.43. The molecule has 0 radical (unpaired) electrons. The number of nitrogens with two attached hydrogens (primary N) is 1. The molecule has 0 aromatic rings. The van der Waals surface area contributed by atoms with E-state index in [1.807, 2.05) is 0 Å². The summed E-state index contributed by atoms with van der Waals surface area (Å²) in [6.45, 7) is 1.97. The number of thiocarbonyl (C=S) groups is 1. The predicted octanol–water partition coefficient (Wildman–Crippen LogP) is 0.0742. The van der Waals surface area contributed by atoms with E-state index in [0.29, 0.717) is 19.4 Å². The van der Waals surface area contributed by atoms with Crippen molar-refractivity contribution >= 4 is 29.1 Å². The molecule has 0 heterocycles. The lowest BCUT2D eigenvalue weighted by atomic mass is 10.1. The Morgan fingerprint density at radius 1 is 1.50 bits per heavy atom. The zero-order valence-electron chi connectivity index (χ0n) is 9.49. The number of carbonyl (C=O) groups is 2. The molecule has 1 aliphatic carbocycles. The molecule has 5 nitrogen and oxygen atoms in total. The Labute approximate surface area is 99.9 Å². The highest BCUT2D eigenvalue weighted by molar-refractivity contribution is 7.80. The van der Waals surface area contributed by atoms with Gasteiger partial charge in [0.1, 0.15) is 6.54 Å². The average molecular weight is 244 g/mol. The summed E-state index contributed by atoms with van der Waals surface area (Å²) in [5, 5.41) is 0. The van der Waals surface area contributed by atoms with Gasteiger partial charge in [-0.3, -0.25) is 9.59 Å². The number of ether oxygens (including phenoxy) is 1. The molecular weight excluding hydrogens is 228 g/mol. The highest BCUT2D eigenvalue weighted by Gasteiger charge is 2.54. The summed E-state index contributed by atoms with van der Waals surface area (Å²) in [4.78, 5) is 24.7. The van der Waals surface area contributed by atoms with Crippen LogP contribution < -0.4 is 5.73 Å². The second kappa shape index (κ2) is 4.78. The number of rotatable bonds is 5. The minimum absolute atomic E-state index is 0.0585. The van der Waals surface area contributed by atoms with E-state index >= 15 is 0 Å². The minimum atomic E-state index is -0.698. The summed E-state index contributed by atoms with van der Waals surface area (Å²) < 4.78 is 4.76. The van der Waals surface area contributed by atoms with Gasteiger partial charge in [-0.25, -0.2) is 0 Å². The fourth-order valence-corrected chi connectivity index (χ4v) is 1.82. The molecule has 1 rings (SSSR count). The maximum atomic E-state index is 12.0. The maximum absolute atomic E-state index is 12.0. The van der Waals surface area contributed by atoms with Crippen LogP contribution in [0.5, 0.6) is 0 Å². The normalized spacial score (nSPS) is 16.4. The van der Waals surface area contributed by atoms with E-state index < -0.39 is 11.4 Å². The number of hydrogen-bond acceptors (Lipinski definition) is 4. The first-order valence-electron chi connectivity index (χ1n) is 5.15. The molecule has 0 saturated heterocycles. The third kappa shape index (κ3) is 2.49. The Hall–Kier alpha value is -1.17. The summed E-state index contributed by atoms with van der Waals surface area (Å²) in [5.41, 5.74) is 4.83. The van der Waals surface area contributed by atoms with Gasteiger partial charge in [0, 0.05) is 7.05 Å². The first-order valence-corrected chi connectivity index (χ1v) is 5.56. The van der Waals surface area contributed by atoms with Crippen molar-refractivity contribution < 1.29 is 14.3 Å². The Bertz CT molecular complexity index is 326. The molecule has 0 unspecified atom stereocenters. The Balaban J connectivity index is 2.55. The molecule has 16 heavy (non-hydrogen) atoms. The van der Waals surface area contributed by atoms with Gasteiger partial charge in [-0.1, -0.05) is 12.2 Å². The quantitative estimate of drug-likeness (QED) is 0.547. The van der Waals surface area contributed by atoms with Crippen LogP contribution in [0.2, 0.25) is 0 Å². The summed E-state index contributed by atoms with van der Waals surface area (Å²) in [6.07, 6.45) is 1.35. The van der Waals surface area contributed by atoms with Crippen LogP contribution in [-0.4, -0.2) is 42.0 Å². The molecule has 0 atom stereocenters. The Kier molecular flexibility index (Phi) is 3.85. The predicted molar refractivity (Wildman–Crippen MR) is 62.7 cm³/mol. The van der Waals surface area contributed by atoms with Crippen molar-refractivity contribution in [1.82, 2.24) is 4.90 Å². The molecule has 1 saturated carbocycles. The van der Waals surface area contributed by atoms with Gasteiger partial charge in [-0.05, 0) is 19.8 Å². The first kappa shape index (κ1) is 12.9. The summed E-state index contributed by atoms with van der Waals surface area (Å²) >= 11 is 4.87. The number of carbonyl (C=O) groups excluding carboxylic acids is 2. The fraction of sp³-hybridized carbons (Fsp3) is 0.700. The fourth-order valence-electron chi connectivity index (χ4n) is 1.53. The average Bonchev–Trinajstić information content (AvgIpc) is 2.97. The van der Waals surface area contributed by atoms with Crippen molar-refractivity contribution in [3.05, 3.63) is 0 Å². The molecule has 2 N–H and O–H groups in total. The molecule has 0 aromatic carbocycles. The van der Waals surface area contributed by atoms with Crippen molar-refractivity contribution in [2.24, 2.45) is 11.1 Å². The lowest BCUT2D eigenvalue weighted by molar-refractivity contribution is -0.149. The molecule has 1 aliphatic rings.